The summed E-state index contributed by atoms with van der Waals surface area (Å²) < 4.78 is 33.9. The van der Waals surface area contributed by atoms with Crippen LogP contribution in [0.2, 0.25) is 0 Å². The highest BCUT2D eigenvalue weighted by molar-refractivity contribution is 6.51. The fourth-order valence-corrected chi connectivity index (χ4v) is 4.95. The number of allylic oxidation sites excluding steroid dienone is 1. The van der Waals surface area contributed by atoms with Gasteiger partial charge >= 0.3 is 7.40 Å². The molecule has 6 rings (SSSR count). The van der Waals surface area contributed by atoms with Crippen LogP contribution in [0.15, 0.2) is 97.1 Å². The van der Waals surface area contributed by atoms with E-state index < -0.39 is 7.40 Å². The van der Waals surface area contributed by atoms with E-state index in [1.807, 2.05) is 30.3 Å². The number of nitrogens with zero attached hydrogens (tertiary/aromatic N) is 1. The van der Waals surface area contributed by atoms with Crippen LogP contribution in [-0.2, 0) is 0 Å². The molecule has 0 unspecified atom stereocenters. The second kappa shape index (κ2) is 8.65. The van der Waals surface area contributed by atoms with E-state index in [1.54, 1.807) is 36.4 Å². The number of carbonyl (C=O) groups excluding carboxylic acids is 1. The summed E-state index contributed by atoms with van der Waals surface area (Å²) in [7, 11) is -1.32. The van der Waals surface area contributed by atoms with Gasteiger partial charge in [-0.2, -0.15) is 0 Å². The minimum Gasteiger partial charge on any atom is -0.497 e. The smallest absolute Gasteiger partial charge is 0.497 e. The van der Waals surface area contributed by atoms with Gasteiger partial charge in [0.15, 0.2) is 5.78 Å². The van der Waals surface area contributed by atoms with E-state index in [-0.39, 0.29) is 22.7 Å². The summed E-state index contributed by atoms with van der Waals surface area (Å²) >= 11 is 0. The van der Waals surface area contributed by atoms with Gasteiger partial charge in [0.05, 0.1) is 12.7 Å². The molecule has 36 heavy (non-hydrogen) atoms. The van der Waals surface area contributed by atoms with E-state index in [4.69, 9.17) is 4.74 Å². The molecule has 0 amide bonds. The third-order valence-corrected chi connectivity index (χ3v) is 6.68. The van der Waals surface area contributed by atoms with Crippen molar-refractivity contribution in [3.63, 3.8) is 0 Å². The molecule has 0 radical (unpaired) electrons. The molecular formula is C30H20BF2NO2. The second-order valence-electron chi connectivity index (χ2n) is 8.73. The number of ketones is 1. The maximum Gasteiger partial charge on any atom is 0.678 e. The Morgan fingerprint density at radius 1 is 0.750 bits per heavy atom. The lowest BCUT2D eigenvalue weighted by molar-refractivity contribution is 0.104. The largest absolute Gasteiger partial charge is 0.678 e. The molecule has 0 bridgehead atoms. The minimum absolute atomic E-state index is 0.178. The zero-order valence-corrected chi connectivity index (χ0v) is 19.4. The first-order valence-electron chi connectivity index (χ1n) is 11.6. The number of methoxy groups -OCH3 is 1. The van der Waals surface area contributed by atoms with Crippen molar-refractivity contribution in [3.05, 3.63) is 108 Å². The Bertz CT molecular complexity index is 1680. The van der Waals surface area contributed by atoms with Crippen LogP contribution in [0.4, 0.5) is 20.0 Å². The Hall–Kier alpha value is -4.45. The van der Waals surface area contributed by atoms with Crippen LogP contribution in [0, 0.1) is 0 Å². The number of hydrogen-bond donors (Lipinski definition) is 0. The highest BCUT2D eigenvalue weighted by Crippen LogP contribution is 2.41. The van der Waals surface area contributed by atoms with E-state index in [2.05, 4.69) is 30.3 Å². The first-order chi connectivity index (χ1) is 17.5. The maximum absolute atomic E-state index is 14.4. The number of halogens is 2. The van der Waals surface area contributed by atoms with Crippen LogP contribution in [0.25, 0.3) is 38.7 Å². The van der Waals surface area contributed by atoms with Gasteiger partial charge < -0.3 is 9.55 Å². The lowest BCUT2D eigenvalue weighted by atomic mass is 9.86. The summed E-state index contributed by atoms with van der Waals surface area (Å²) in [6, 6.07) is 28.3. The van der Waals surface area contributed by atoms with E-state index in [0.717, 1.165) is 37.7 Å². The highest BCUT2D eigenvalue weighted by Gasteiger charge is 2.32. The number of benzene rings is 5. The van der Waals surface area contributed by atoms with Crippen LogP contribution < -0.4 is 9.55 Å². The Balaban J connectivity index is 1.53. The minimum atomic E-state index is -2.84. The normalized spacial score (nSPS) is 12.2. The average Bonchev–Trinajstić information content (AvgIpc) is 2.91. The van der Waals surface area contributed by atoms with Crippen molar-refractivity contribution in [2.24, 2.45) is 0 Å². The highest BCUT2D eigenvalue weighted by atomic mass is 19.2. The van der Waals surface area contributed by atoms with Crippen molar-refractivity contribution >= 4 is 52.2 Å². The van der Waals surface area contributed by atoms with E-state index >= 15 is 0 Å². The molecule has 0 atom stereocenters. The van der Waals surface area contributed by atoms with Gasteiger partial charge in [-0.05, 0) is 87.5 Å². The number of rotatable bonds is 5. The number of carbonyl (C=O) groups is 1. The summed E-state index contributed by atoms with van der Waals surface area (Å²) in [6.45, 7) is 0. The molecule has 0 saturated carbocycles. The summed E-state index contributed by atoms with van der Waals surface area (Å²) in [4.78, 5) is 14.0. The summed E-state index contributed by atoms with van der Waals surface area (Å²) in [5, 5.41) is 3.81. The summed E-state index contributed by atoms with van der Waals surface area (Å²) in [5.74, 6) is 0.274. The molecule has 6 heteroatoms. The Morgan fingerprint density at radius 3 is 2.22 bits per heavy atom. The molecule has 0 heterocycles. The van der Waals surface area contributed by atoms with Gasteiger partial charge in [0.1, 0.15) is 5.75 Å². The molecule has 3 nitrogen and oxygen atoms in total. The van der Waals surface area contributed by atoms with Crippen molar-refractivity contribution in [2.75, 3.05) is 11.9 Å². The van der Waals surface area contributed by atoms with Crippen molar-refractivity contribution in [1.82, 2.24) is 0 Å². The Kier molecular flexibility index (Phi) is 5.30. The molecule has 0 spiro atoms. The second-order valence-corrected chi connectivity index (χ2v) is 8.73. The van der Waals surface area contributed by atoms with Gasteiger partial charge in [-0.3, -0.25) is 13.4 Å². The monoisotopic (exact) mass is 475 g/mol. The van der Waals surface area contributed by atoms with Gasteiger partial charge in [-0.15, -0.1) is 0 Å². The first-order valence-corrected chi connectivity index (χ1v) is 11.6. The molecule has 1 aliphatic carbocycles. The predicted molar refractivity (Wildman–Crippen MR) is 143 cm³/mol. The number of fused-ring (bicyclic) bond motifs is 1. The molecule has 0 aromatic heterocycles. The van der Waals surface area contributed by atoms with Crippen LogP contribution in [0.3, 0.4) is 0 Å². The molecule has 5 aromatic rings. The Labute approximate surface area is 207 Å². The van der Waals surface area contributed by atoms with E-state index in [0.29, 0.717) is 11.1 Å². The van der Waals surface area contributed by atoms with E-state index in [1.165, 1.54) is 13.2 Å². The SMILES string of the molecule is COc1ccc(N(B(F)F)c2ccc3cc(-c4ccc5ccccc5c4)cc4c3c2C(=O)C=C4)cc1. The predicted octanol–water partition coefficient (Wildman–Crippen LogP) is 7.94. The third-order valence-electron chi connectivity index (χ3n) is 6.68. The molecule has 0 fully saturated rings. The number of hydrogen-bond acceptors (Lipinski definition) is 3. The van der Waals surface area contributed by atoms with Crippen LogP contribution in [0.1, 0.15) is 15.9 Å². The van der Waals surface area contributed by atoms with Gasteiger partial charge in [-0.25, -0.2) is 0 Å². The Morgan fingerprint density at radius 2 is 1.47 bits per heavy atom. The third kappa shape index (κ3) is 3.62. The van der Waals surface area contributed by atoms with Gasteiger partial charge in [0, 0.05) is 16.8 Å². The van der Waals surface area contributed by atoms with Gasteiger partial charge in [-0.1, -0.05) is 48.5 Å². The average molecular weight is 475 g/mol. The van der Waals surface area contributed by atoms with E-state index in [9.17, 15) is 13.4 Å². The molecule has 0 saturated heterocycles. The number of anilines is 2. The first kappa shape index (κ1) is 22.0. The zero-order valence-electron chi connectivity index (χ0n) is 19.4. The zero-order chi connectivity index (χ0) is 24.8. The van der Waals surface area contributed by atoms with Gasteiger partial charge in [0.25, 0.3) is 0 Å². The molecule has 174 valence electrons. The van der Waals surface area contributed by atoms with Crippen LogP contribution in [-0.4, -0.2) is 20.3 Å². The lowest BCUT2D eigenvalue weighted by Gasteiger charge is -2.27. The van der Waals surface area contributed by atoms with Crippen LogP contribution >= 0.6 is 0 Å². The molecule has 1 aliphatic rings. The fourth-order valence-electron chi connectivity index (χ4n) is 4.95. The quantitative estimate of drug-likeness (QED) is 0.242. The summed E-state index contributed by atoms with van der Waals surface area (Å²) in [5.41, 5.74) is 3.62. The topological polar surface area (TPSA) is 29.5 Å². The molecule has 0 N–H and O–H groups in total. The van der Waals surface area contributed by atoms with Crippen molar-refractivity contribution in [1.29, 1.82) is 0 Å². The maximum atomic E-state index is 14.4. The standard InChI is InChI=1S/C30H20BF2NO2/c1-36-26-12-10-25(11-13-26)34(31(32)33)27-14-8-22-17-24(18-23-9-15-28(35)30(27)29(22)23)21-7-6-19-4-2-3-5-20(19)16-21/h2-18H,1H3. The van der Waals surface area contributed by atoms with Crippen molar-refractivity contribution in [2.45, 2.75) is 0 Å². The molecule has 0 aliphatic heterocycles. The van der Waals surface area contributed by atoms with Gasteiger partial charge in [0.2, 0.25) is 0 Å². The van der Waals surface area contributed by atoms with Crippen molar-refractivity contribution < 1.29 is 18.2 Å². The lowest BCUT2D eigenvalue weighted by Crippen LogP contribution is -2.29. The molecular weight excluding hydrogens is 455 g/mol. The molecule has 5 aromatic carbocycles. The van der Waals surface area contributed by atoms with Crippen LogP contribution in [0.5, 0.6) is 5.75 Å². The van der Waals surface area contributed by atoms with Crippen molar-refractivity contribution in [3.8, 4) is 16.9 Å². The summed E-state index contributed by atoms with van der Waals surface area (Å²) in [6.07, 6.45) is 3.23. The number of ether oxygens (including phenoxy) is 1. The fraction of sp³-hybridized carbons (Fsp3) is 0.0333.